The lowest BCUT2D eigenvalue weighted by Crippen LogP contribution is -2.63. The highest BCUT2D eigenvalue weighted by atomic mass is 16.5. The summed E-state index contributed by atoms with van der Waals surface area (Å²) in [4.78, 5) is 15.3. The van der Waals surface area contributed by atoms with Crippen LogP contribution in [0.15, 0.2) is 18.2 Å². The van der Waals surface area contributed by atoms with Gasteiger partial charge >= 0.3 is 0 Å². The zero-order valence-electron chi connectivity index (χ0n) is 15.2. The Morgan fingerprint density at radius 1 is 1.33 bits per heavy atom. The van der Waals surface area contributed by atoms with Crippen LogP contribution in [0.25, 0.3) is 0 Å². The standard InChI is InChI=1S/C21H29NO2/c1-4-5-15-10-16(23)13-21-8-9-22(2)19(20(15)21)11-14-6-7-17(24-3)12-18(14)21/h6-7,12,15,19-20H,4-5,8-11,13H2,1-3H3/t15-,19?,20-,21?/m0/s1. The number of Topliss-reactive ketones (excluding diaryl/α,β-unsaturated/α-hetero) is 1. The van der Waals surface area contributed by atoms with Gasteiger partial charge in [-0.1, -0.05) is 19.4 Å². The summed E-state index contributed by atoms with van der Waals surface area (Å²) in [5.41, 5.74) is 2.91. The Labute approximate surface area is 145 Å². The largest absolute Gasteiger partial charge is 0.497 e. The molecule has 0 spiro atoms. The molecule has 2 aliphatic carbocycles. The molecular weight excluding hydrogens is 298 g/mol. The molecule has 0 radical (unpaired) electrons. The van der Waals surface area contributed by atoms with Crippen LogP contribution in [0.5, 0.6) is 5.75 Å². The molecule has 1 saturated heterocycles. The van der Waals surface area contributed by atoms with E-state index in [4.69, 9.17) is 4.74 Å². The molecule has 0 aromatic heterocycles. The third kappa shape index (κ3) is 2.24. The van der Waals surface area contributed by atoms with Crippen LogP contribution in [0.1, 0.15) is 50.2 Å². The van der Waals surface area contributed by atoms with Crippen molar-refractivity contribution >= 4 is 5.78 Å². The predicted octanol–water partition coefficient (Wildman–Crippen LogP) is 3.59. The second-order valence-electron chi connectivity index (χ2n) is 8.18. The number of piperidine rings is 1. The first-order valence-electron chi connectivity index (χ1n) is 9.48. The smallest absolute Gasteiger partial charge is 0.134 e. The minimum Gasteiger partial charge on any atom is -0.497 e. The van der Waals surface area contributed by atoms with Crippen LogP contribution in [0.2, 0.25) is 0 Å². The Hall–Kier alpha value is -1.35. The highest BCUT2D eigenvalue weighted by Gasteiger charge is 2.57. The third-order valence-electron chi connectivity index (χ3n) is 6.98. The van der Waals surface area contributed by atoms with Gasteiger partial charge in [-0.2, -0.15) is 0 Å². The second-order valence-corrected chi connectivity index (χ2v) is 8.18. The van der Waals surface area contributed by atoms with E-state index in [0.29, 0.717) is 23.7 Å². The molecule has 3 aliphatic rings. The number of benzene rings is 1. The van der Waals surface area contributed by atoms with Crippen molar-refractivity contribution < 1.29 is 9.53 Å². The number of ketones is 1. The van der Waals surface area contributed by atoms with Gasteiger partial charge in [0.1, 0.15) is 11.5 Å². The van der Waals surface area contributed by atoms with E-state index in [1.165, 1.54) is 24.0 Å². The first kappa shape index (κ1) is 16.1. The number of carbonyl (C=O) groups excluding carboxylic acids is 1. The lowest BCUT2D eigenvalue weighted by molar-refractivity contribution is -0.131. The van der Waals surface area contributed by atoms with Crippen LogP contribution in [-0.2, 0) is 16.6 Å². The van der Waals surface area contributed by atoms with Gasteiger partial charge in [-0.05, 0) is 68.0 Å². The number of rotatable bonds is 3. The van der Waals surface area contributed by atoms with Gasteiger partial charge in [0.25, 0.3) is 0 Å². The maximum absolute atomic E-state index is 12.7. The highest BCUT2D eigenvalue weighted by Crippen LogP contribution is 2.57. The zero-order valence-corrected chi connectivity index (χ0v) is 15.2. The first-order valence-corrected chi connectivity index (χ1v) is 9.48. The van der Waals surface area contributed by atoms with Gasteiger partial charge < -0.3 is 9.64 Å². The van der Waals surface area contributed by atoms with Crippen LogP contribution >= 0.6 is 0 Å². The van der Waals surface area contributed by atoms with Gasteiger partial charge in [0, 0.05) is 24.3 Å². The van der Waals surface area contributed by atoms with Crippen LogP contribution in [0, 0.1) is 11.8 Å². The Bertz CT molecular complexity index is 655. The topological polar surface area (TPSA) is 29.5 Å². The summed E-state index contributed by atoms with van der Waals surface area (Å²) in [7, 11) is 4.02. The Balaban J connectivity index is 1.88. The van der Waals surface area contributed by atoms with E-state index in [0.717, 1.165) is 38.0 Å². The third-order valence-corrected chi connectivity index (χ3v) is 6.98. The van der Waals surface area contributed by atoms with E-state index < -0.39 is 0 Å². The van der Waals surface area contributed by atoms with Crippen molar-refractivity contribution in [1.82, 2.24) is 4.90 Å². The molecule has 1 aromatic carbocycles. The fraction of sp³-hybridized carbons (Fsp3) is 0.667. The normalized spacial score (nSPS) is 35.3. The molecule has 4 rings (SSSR count). The molecule has 1 saturated carbocycles. The molecule has 0 amide bonds. The molecule has 1 aromatic rings. The van der Waals surface area contributed by atoms with Crippen LogP contribution in [0.4, 0.5) is 0 Å². The van der Waals surface area contributed by atoms with Crippen molar-refractivity contribution in [2.75, 3.05) is 20.7 Å². The summed E-state index contributed by atoms with van der Waals surface area (Å²) < 4.78 is 5.52. The number of hydrogen-bond donors (Lipinski definition) is 0. The molecule has 2 unspecified atom stereocenters. The van der Waals surface area contributed by atoms with Gasteiger partial charge in [0.15, 0.2) is 0 Å². The maximum atomic E-state index is 12.7. The van der Waals surface area contributed by atoms with Gasteiger partial charge in [-0.15, -0.1) is 0 Å². The van der Waals surface area contributed by atoms with Gasteiger partial charge in [-0.25, -0.2) is 0 Å². The number of likely N-dealkylation sites (tertiary alicyclic amines) is 1. The quantitative estimate of drug-likeness (QED) is 0.850. The number of fused-ring (bicyclic) bond motifs is 1. The first-order chi connectivity index (χ1) is 11.6. The number of nitrogens with zero attached hydrogens (tertiary/aromatic N) is 1. The molecule has 130 valence electrons. The van der Waals surface area contributed by atoms with E-state index in [1.807, 2.05) is 0 Å². The summed E-state index contributed by atoms with van der Waals surface area (Å²) in [5, 5.41) is 0. The molecule has 1 aliphatic heterocycles. The van der Waals surface area contributed by atoms with Crippen molar-refractivity contribution in [2.24, 2.45) is 11.8 Å². The number of likely N-dealkylation sites (N-methyl/N-ethyl adjacent to an activating group) is 1. The summed E-state index contributed by atoms with van der Waals surface area (Å²) in [5.74, 6) is 2.57. The molecule has 3 heteroatoms. The van der Waals surface area contributed by atoms with Crippen molar-refractivity contribution in [1.29, 1.82) is 0 Å². The summed E-state index contributed by atoms with van der Waals surface area (Å²) in [6.07, 6.45) is 6.12. The van der Waals surface area contributed by atoms with Crippen LogP contribution in [0.3, 0.4) is 0 Å². The molecular formula is C21H29NO2. The average molecular weight is 327 g/mol. The number of ether oxygens (including phenoxy) is 1. The Kier molecular flexibility index (Phi) is 3.95. The van der Waals surface area contributed by atoms with Crippen molar-refractivity contribution in [3.05, 3.63) is 29.3 Å². The van der Waals surface area contributed by atoms with E-state index in [-0.39, 0.29) is 5.41 Å². The lowest BCUT2D eigenvalue weighted by Gasteiger charge is -2.60. The molecule has 2 fully saturated rings. The summed E-state index contributed by atoms with van der Waals surface area (Å²) in [6.45, 7) is 3.36. The number of hydrogen-bond acceptors (Lipinski definition) is 3. The summed E-state index contributed by atoms with van der Waals surface area (Å²) >= 11 is 0. The Morgan fingerprint density at radius 2 is 2.17 bits per heavy atom. The van der Waals surface area contributed by atoms with Gasteiger partial charge in [0.05, 0.1) is 7.11 Å². The molecule has 3 nitrogen and oxygen atoms in total. The summed E-state index contributed by atoms with van der Waals surface area (Å²) in [6, 6.07) is 7.15. The molecule has 24 heavy (non-hydrogen) atoms. The fourth-order valence-electron chi connectivity index (χ4n) is 6.06. The van der Waals surface area contributed by atoms with Crippen LogP contribution < -0.4 is 4.74 Å². The van der Waals surface area contributed by atoms with E-state index >= 15 is 0 Å². The molecule has 2 bridgehead atoms. The maximum Gasteiger partial charge on any atom is 0.134 e. The van der Waals surface area contributed by atoms with Crippen molar-refractivity contribution in [3.8, 4) is 5.75 Å². The van der Waals surface area contributed by atoms with E-state index in [9.17, 15) is 4.79 Å². The minimum atomic E-state index is 0.0501. The van der Waals surface area contributed by atoms with Crippen LogP contribution in [-0.4, -0.2) is 37.4 Å². The molecule has 4 atom stereocenters. The molecule has 0 N–H and O–H groups in total. The highest BCUT2D eigenvalue weighted by molar-refractivity contribution is 5.82. The van der Waals surface area contributed by atoms with E-state index in [2.05, 4.69) is 37.1 Å². The lowest BCUT2D eigenvalue weighted by atomic mass is 9.49. The number of carbonyl (C=O) groups is 1. The monoisotopic (exact) mass is 327 g/mol. The van der Waals surface area contributed by atoms with Gasteiger partial charge in [0.2, 0.25) is 0 Å². The zero-order chi connectivity index (χ0) is 16.9. The number of methoxy groups -OCH3 is 1. The fourth-order valence-corrected chi connectivity index (χ4v) is 6.06. The Morgan fingerprint density at radius 3 is 2.92 bits per heavy atom. The predicted molar refractivity (Wildman–Crippen MR) is 95.5 cm³/mol. The van der Waals surface area contributed by atoms with Crippen molar-refractivity contribution in [3.63, 3.8) is 0 Å². The second kappa shape index (κ2) is 5.87. The average Bonchev–Trinajstić information content (AvgIpc) is 2.58. The van der Waals surface area contributed by atoms with Crippen molar-refractivity contribution in [2.45, 2.75) is 56.9 Å². The van der Waals surface area contributed by atoms with E-state index in [1.54, 1.807) is 7.11 Å². The molecule has 1 heterocycles. The minimum absolute atomic E-state index is 0.0501. The van der Waals surface area contributed by atoms with Gasteiger partial charge in [-0.3, -0.25) is 4.79 Å². The SMILES string of the molecule is CCC[C@H]1CC(=O)CC23CCN(C)C(Cc4ccc(OC)cc42)[C@H]13.